The molecule has 0 aliphatic carbocycles. The molecule has 0 N–H and O–H groups in total. The Labute approximate surface area is 170 Å². The van der Waals surface area contributed by atoms with Crippen molar-refractivity contribution in [3.05, 3.63) is 78.4 Å². The Morgan fingerprint density at radius 2 is 1.66 bits per heavy atom. The molecule has 0 aliphatic rings. The molecule has 3 aromatic carbocycles. The normalized spacial score (nSPS) is 13.4. The summed E-state index contributed by atoms with van der Waals surface area (Å²) in [6, 6.07) is 22.9. The van der Waals surface area contributed by atoms with E-state index in [0.717, 1.165) is 10.8 Å². The highest BCUT2D eigenvalue weighted by molar-refractivity contribution is 7.91. The van der Waals surface area contributed by atoms with Crippen LogP contribution in [-0.2, 0) is 24.8 Å². The molecule has 0 bridgehead atoms. The van der Waals surface area contributed by atoms with Gasteiger partial charge in [0, 0.05) is 0 Å². The van der Waals surface area contributed by atoms with Gasteiger partial charge < -0.3 is 4.74 Å². The van der Waals surface area contributed by atoms with E-state index in [-0.39, 0.29) is 23.7 Å². The number of sulfone groups is 1. The quantitative estimate of drug-likeness (QED) is 0.552. The molecule has 0 saturated heterocycles. The molecule has 0 saturated carbocycles. The first-order chi connectivity index (χ1) is 13.9. The highest BCUT2D eigenvalue weighted by atomic mass is 32.2. The molecular formula is C23H21NO4S. The van der Waals surface area contributed by atoms with Gasteiger partial charge in [0.1, 0.15) is 0 Å². The Morgan fingerprint density at radius 1 is 1.00 bits per heavy atom. The minimum Gasteiger partial charge on any atom is -0.465 e. The molecule has 6 heteroatoms. The van der Waals surface area contributed by atoms with Crippen LogP contribution in [0.25, 0.3) is 10.8 Å². The molecule has 1 atom stereocenters. The summed E-state index contributed by atoms with van der Waals surface area (Å²) in [5.74, 6) is -1.09. The van der Waals surface area contributed by atoms with E-state index in [4.69, 9.17) is 4.74 Å². The summed E-state index contributed by atoms with van der Waals surface area (Å²) in [7, 11) is -3.66. The third-order valence-corrected chi connectivity index (χ3v) is 6.64. The topological polar surface area (TPSA) is 84.2 Å². The largest absolute Gasteiger partial charge is 0.465 e. The number of carbonyl (C=O) groups excluding carboxylic acids is 1. The van der Waals surface area contributed by atoms with E-state index < -0.39 is 21.2 Å². The summed E-state index contributed by atoms with van der Waals surface area (Å²) in [6.07, 6.45) is -0.197. The molecule has 0 spiro atoms. The smallest absolute Gasteiger partial charge is 0.331 e. The Balaban J connectivity index is 2.03. The van der Waals surface area contributed by atoms with Crippen LogP contribution in [0.3, 0.4) is 0 Å². The molecule has 3 rings (SSSR count). The lowest BCUT2D eigenvalue weighted by Gasteiger charge is -2.25. The van der Waals surface area contributed by atoms with Crippen LogP contribution in [0.4, 0.5) is 0 Å². The number of ether oxygens (including phenoxy) is 1. The molecular weight excluding hydrogens is 386 g/mol. The number of carbonyl (C=O) groups is 1. The van der Waals surface area contributed by atoms with E-state index >= 15 is 0 Å². The monoisotopic (exact) mass is 407 g/mol. The number of nitrogens with zero attached hydrogens (tertiary/aromatic N) is 1. The molecule has 29 heavy (non-hydrogen) atoms. The van der Waals surface area contributed by atoms with Crippen LogP contribution in [-0.4, -0.2) is 26.7 Å². The van der Waals surface area contributed by atoms with Crippen LogP contribution >= 0.6 is 0 Å². The van der Waals surface area contributed by atoms with Crippen LogP contribution in [0.15, 0.2) is 77.7 Å². The lowest BCUT2D eigenvalue weighted by molar-refractivity contribution is -0.147. The van der Waals surface area contributed by atoms with Gasteiger partial charge in [-0.15, -0.1) is 0 Å². The Kier molecular flexibility index (Phi) is 6.00. The Hall–Kier alpha value is -3.17. The maximum absolute atomic E-state index is 12.8. The maximum atomic E-state index is 12.8. The summed E-state index contributed by atoms with van der Waals surface area (Å²) in [6.45, 7) is 1.75. The minimum atomic E-state index is -3.66. The zero-order valence-corrected chi connectivity index (χ0v) is 16.9. The SMILES string of the molecule is CCOC(=O)C(C#N)(CCS(=O)(=O)c1ccccc1)c1ccc2ccccc2c1. The van der Waals surface area contributed by atoms with Crippen LogP contribution in [0.5, 0.6) is 0 Å². The Morgan fingerprint density at radius 3 is 2.31 bits per heavy atom. The molecule has 0 aromatic heterocycles. The second-order valence-electron chi connectivity index (χ2n) is 6.68. The average molecular weight is 407 g/mol. The molecule has 0 fully saturated rings. The molecule has 5 nitrogen and oxygen atoms in total. The minimum absolute atomic E-state index is 0.0985. The fourth-order valence-electron chi connectivity index (χ4n) is 3.27. The highest BCUT2D eigenvalue weighted by Gasteiger charge is 2.43. The van der Waals surface area contributed by atoms with Crippen molar-refractivity contribution < 1.29 is 17.9 Å². The predicted octanol–water partition coefficient (Wildman–Crippen LogP) is 4.03. The van der Waals surface area contributed by atoms with Crippen molar-refractivity contribution in [2.24, 2.45) is 0 Å². The third kappa shape index (κ3) is 4.15. The number of hydrogen-bond donors (Lipinski definition) is 0. The lowest BCUT2D eigenvalue weighted by atomic mass is 9.78. The van der Waals surface area contributed by atoms with Crippen molar-refractivity contribution in [2.75, 3.05) is 12.4 Å². The van der Waals surface area contributed by atoms with Crippen molar-refractivity contribution >= 4 is 26.6 Å². The van der Waals surface area contributed by atoms with Gasteiger partial charge in [-0.3, -0.25) is 0 Å². The number of hydrogen-bond acceptors (Lipinski definition) is 5. The second kappa shape index (κ2) is 8.46. The van der Waals surface area contributed by atoms with Gasteiger partial charge in [0.15, 0.2) is 15.3 Å². The van der Waals surface area contributed by atoms with Gasteiger partial charge in [0.05, 0.1) is 23.3 Å². The fraction of sp³-hybridized carbons (Fsp3) is 0.217. The predicted molar refractivity (Wildman–Crippen MR) is 111 cm³/mol. The van der Waals surface area contributed by atoms with Crippen LogP contribution in [0.2, 0.25) is 0 Å². The zero-order valence-electron chi connectivity index (χ0n) is 16.0. The van der Waals surface area contributed by atoms with Crippen molar-refractivity contribution in [1.82, 2.24) is 0 Å². The Bertz CT molecular complexity index is 1170. The average Bonchev–Trinajstić information content (AvgIpc) is 2.75. The van der Waals surface area contributed by atoms with E-state index in [1.165, 1.54) is 12.1 Å². The molecule has 1 unspecified atom stereocenters. The number of fused-ring (bicyclic) bond motifs is 1. The standard InChI is InChI=1S/C23H21NO4S/c1-2-28-22(25)23(17-24,14-15-29(26,27)21-10-4-3-5-11-21)20-13-12-18-8-6-7-9-19(18)16-20/h3-13,16H,2,14-15H2,1H3. The third-order valence-electron chi connectivity index (χ3n) is 4.91. The van der Waals surface area contributed by atoms with Crippen LogP contribution in [0, 0.1) is 11.3 Å². The molecule has 3 aromatic rings. The van der Waals surface area contributed by atoms with Gasteiger partial charge in [-0.25, -0.2) is 13.2 Å². The highest BCUT2D eigenvalue weighted by Crippen LogP contribution is 2.33. The van der Waals surface area contributed by atoms with Gasteiger partial charge in [-0.05, 0) is 47.9 Å². The molecule has 0 amide bonds. The number of nitriles is 1. The van der Waals surface area contributed by atoms with Crippen molar-refractivity contribution in [2.45, 2.75) is 23.7 Å². The van der Waals surface area contributed by atoms with Gasteiger partial charge in [0.25, 0.3) is 0 Å². The van der Waals surface area contributed by atoms with Crippen molar-refractivity contribution in [3.63, 3.8) is 0 Å². The zero-order chi connectivity index (χ0) is 20.9. The molecule has 0 radical (unpaired) electrons. The lowest BCUT2D eigenvalue weighted by Crippen LogP contribution is -2.38. The first-order valence-corrected chi connectivity index (χ1v) is 10.9. The van der Waals surface area contributed by atoms with Crippen molar-refractivity contribution in [3.8, 4) is 6.07 Å². The summed E-state index contributed by atoms with van der Waals surface area (Å²) in [5, 5.41) is 11.8. The fourth-order valence-corrected chi connectivity index (χ4v) is 4.65. The van der Waals surface area contributed by atoms with E-state index in [0.29, 0.717) is 5.56 Å². The van der Waals surface area contributed by atoms with Gasteiger partial charge in [-0.2, -0.15) is 5.26 Å². The van der Waals surface area contributed by atoms with Crippen molar-refractivity contribution in [1.29, 1.82) is 5.26 Å². The molecule has 148 valence electrons. The van der Waals surface area contributed by atoms with E-state index in [1.807, 2.05) is 30.3 Å². The summed E-state index contributed by atoms with van der Waals surface area (Å²) in [5.41, 5.74) is -1.28. The summed E-state index contributed by atoms with van der Waals surface area (Å²) < 4.78 is 30.7. The number of rotatable bonds is 7. The van der Waals surface area contributed by atoms with Crippen LogP contribution in [0.1, 0.15) is 18.9 Å². The second-order valence-corrected chi connectivity index (χ2v) is 8.79. The number of esters is 1. The van der Waals surface area contributed by atoms with E-state index in [1.54, 1.807) is 37.3 Å². The first-order valence-electron chi connectivity index (χ1n) is 9.28. The van der Waals surface area contributed by atoms with Crippen LogP contribution < -0.4 is 0 Å². The molecule has 0 heterocycles. The summed E-state index contributed by atoms with van der Waals surface area (Å²) in [4.78, 5) is 13.0. The van der Waals surface area contributed by atoms with Gasteiger partial charge in [0.2, 0.25) is 0 Å². The molecule has 0 aliphatic heterocycles. The first kappa shape index (κ1) is 20.6. The maximum Gasteiger partial charge on any atom is 0.331 e. The van der Waals surface area contributed by atoms with Gasteiger partial charge >= 0.3 is 5.97 Å². The number of benzene rings is 3. The summed E-state index contributed by atoms with van der Waals surface area (Å²) >= 11 is 0. The van der Waals surface area contributed by atoms with E-state index in [2.05, 4.69) is 6.07 Å². The van der Waals surface area contributed by atoms with Gasteiger partial charge in [-0.1, -0.05) is 54.6 Å². The van der Waals surface area contributed by atoms with E-state index in [9.17, 15) is 18.5 Å².